The van der Waals surface area contributed by atoms with Crippen molar-refractivity contribution in [2.24, 2.45) is 0 Å². The lowest BCUT2D eigenvalue weighted by Crippen LogP contribution is -1.94. The molecule has 0 N–H and O–H groups in total. The number of esters is 1. The van der Waals surface area contributed by atoms with Crippen LogP contribution in [0.1, 0.15) is 13.3 Å². The summed E-state index contributed by atoms with van der Waals surface area (Å²) in [5.74, 6) is -0.463. The van der Waals surface area contributed by atoms with Crippen LogP contribution in [-0.4, -0.2) is 18.0 Å². The molecule has 0 aliphatic carbocycles. The van der Waals surface area contributed by atoms with Gasteiger partial charge in [0.2, 0.25) is 0 Å². The Labute approximate surface area is 99.9 Å². The van der Waals surface area contributed by atoms with Crippen molar-refractivity contribution in [3.8, 4) is 0 Å². The summed E-state index contributed by atoms with van der Waals surface area (Å²) in [6.45, 7) is 5.29. The molecule has 0 fully saturated rings. The van der Waals surface area contributed by atoms with E-state index in [9.17, 15) is 14.9 Å². The van der Waals surface area contributed by atoms with Gasteiger partial charge in [0.05, 0.1) is 12.0 Å². The van der Waals surface area contributed by atoms with Crippen molar-refractivity contribution in [2.75, 3.05) is 7.11 Å². The molecular formula is C12H15NO4. The van der Waals surface area contributed by atoms with Crippen LogP contribution in [0.2, 0.25) is 0 Å². The summed E-state index contributed by atoms with van der Waals surface area (Å²) in [6.07, 6.45) is 7.61. The van der Waals surface area contributed by atoms with Gasteiger partial charge < -0.3 is 4.74 Å². The first kappa shape index (κ1) is 14.8. The highest BCUT2D eigenvalue weighted by molar-refractivity contribution is 5.82. The first-order valence-corrected chi connectivity index (χ1v) is 4.92. The van der Waals surface area contributed by atoms with Crippen molar-refractivity contribution in [3.63, 3.8) is 0 Å². The Balaban J connectivity index is 4.25. The zero-order chi connectivity index (χ0) is 13.3. The maximum Gasteiger partial charge on any atom is 0.330 e. The molecule has 5 heteroatoms. The normalized spacial score (nSPS) is 12.0. The van der Waals surface area contributed by atoms with Gasteiger partial charge in [0.1, 0.15) is 0 Å². The summed E-state index contributed by atoms with van der Waals surface area (Å²) < 4.78 is 4.41. The monoisotopic (exact) mass is 237 g/mol. The molecule has 0 aromatic rings. The average molecular weight is 237 g/mol. The fourth-order valence-corrected chi connectivity index (χ4v) is 0.916. The van der Waals surface area contributed by atoms with Crippen molar-refractivity contribution < 1.29 is 14.5 Å². The first-order valence-electron chi connectivity index (χ1n) is 4.92. The fourth-order valence-electron chi connectivity index (χ4n) is 0.916. The number of nitro groups is 1. The summed E-state index contributed by atoms with van der Waals surface area (Å²) in [4.78, 5) is 20.7. The average Bonchev–Trinajstić information content (AvgIpc) is 2.31. The number of ether oxygens (including phenoxy) is 1. The molecule has 0 aliphatic heterocycles. The Bertz CT molecular complexity index is 391. The zero-order valence-corrected chi connectivity index (χ0v) is 9.88. The summed E-state index contributed by atoms with van der Waals surface area (Å²) in [5.41, 5.74) is 0.681. The number of hydrogen-bond acceptors (Lipinski definition) is 4. The Kier molecular flexibility index (Phi) is 7.01. The molecule has 0 radical (unpaired) electrons. The molecular weight excluding hydrogens is 222 g/mol. The third-order valence-electron chi connectivity index (χ3n) is 1.83. The molecule has 0 amide bonds. The van der Waals surface area contributed by atoms with E-state index < -0.39 is 10.9 Å². The van der Waals surface area contributed by atoms with E-state index in [0.717, 1.165) is 0 Å². The van der Waals surface area contributed by atoms with Gasteiger partial charge in [-0.1, -0.05) is 24.3 Å². The van der Waals surface area contributed by atoms with E-state index >= 15 is 0 Å². The van der Waals surface area contributed by atoms with E-state index in [1.54, 1.807) is 13.0 Å². The van der Waals surface area contributed by atoms with Crippen LogP contribution in [0.25, 0.3) is 0 Å². The van der Waals surface area contributed by atoms with Gasteiger partial charge in [-0.2, -0.15) is 0 Å². The van der Waals surface area contributed by atoms with Crippen LogP contribution in [0.5, 0.6) is 0 Å². The lowest BCUT2D eigenvalue weighted by atomic mass is 10.2. The predicted octanol–water partition coefficient (Wildman–Crippen LogP) is 2.40. The van der Waals surface area contributed by atoms with Gasteiger partial charge in [-0.25, -0.2) is 4.79 Å². The van der Waals surface area contributed by atoms with E-state index in [0.29, 0.717) is 12.0 Å². The SMILES string of the molecule is C=C(/C=C/C(=O)OC)CC=C/C(=C\C)[N+](=O)[O-]. The van der Waals surface area contributed by atoms with Crippen LogP contribution in [-0.2, 0) is 9.53 Å². The second-order valence-corrected chi connectivity index (χ2v) is 3.09. The molecule has 0 aromatic heterocycles. The molecule has 0 rings (SSSR count). The van der Waals surface area contributed by atoms with Crippen molar-refractivity contribution >= 4 is 5.97 Å². The van der Waals surface area contributed by atoms with Gasteiger partial charge in [0.25, 0.3) is 5.70 Å². The van der Waals surface area contributed by atoms with Crippen LogP contribution in [0.15, 0.2) is 48.2 Å². The van der Waals surface area contributed by atoms with Gasteiger partial charge in [0.15, 0.2) is 0 Å². The van der Waals surface area contributed by atoms with E-state index in [4.69, 9.17) is 0 Å². The van der Waals surface area contributed by atoms with Crippen molar-refractivity contribution in [1.29, 1.82) is 0 Å². The Morgan fingerprint density at radius 3 is 2.53 bits per heavy atom. The lowest BCUT2D eigenvalue weighted by Gasteiger charge is -1.94. The number of hydrogen-bond donors (Lipinski definition) is 0. The Morgan fingerprint density at radius 2 is 2.06 bits per heavy atom. The predicted molar refractivity (Wildman–Crippen MR) is 64.8 cm³/mol. The molecule has 0 bridgehead atoms. The van der Waals surface area contributed by atoms with Gasteiger partial charge >= 0.3 is 5.97 Å². The highest BCUT2D eigenvalue weighted by Gasteiger charge is 2.01. The third-order valence-corrected chi connectivity index (χ3v) is 1.83. The van der Waals surface area contributed by atoms with Crippen LogP contribution >= 0.6 is 0 Å². The van der Waals surface area contributed by atoms with Crippen molar-refractivity contribution in [1.82, 2.24) is 0 Å². The highest BCUT2D eigenvalue weighted by atomic mass is 16.6. The molecule has 0 saturated carbocycles. The summed E-state index contributed by atoms with van der Waals surface area (Å²) in [7, 11) is 1.28. The Morgan fingerprint density at radius 1 is 1.41 bits per heavy atom. The lowest BCUT2D eigenvalue weighted by molar-refractivity contribution is -0.419. The summed E-state index contributed by atoms with van der Waals surface area (Å²) >= 11 is 0. The number of methoxy groups -OCH3 is 1. The molecule has 0 unspecified atom stereocenters. The van der Waals surface area contributed by atoms with Gasteiger partial charge in [0, 0.05) is 12.2 Å². The largest absolute Gasteiger partial charge is 0.466 e. The second kappa shape index (κ2) is 8.04. The summed E-state index contributed by atoms with van der Waals surface area (Å²) in [5, 5.41) is 10.4. The van der Waals surface area contributed by atoms with E-state index in [-0.39, 0.29) is 5.70 Å². The number of rotatable bonds is 6. The molecule has 92 valence electrons. The molecule has 17 heavy (non-hydrogen) atoms. The standard InChI is InChI=1S/C12H15NO4/c1-4-11(13(15)16)7-5-6-10(2)8-9-12(14)17-3/h4-5,7-9H,2,6H2,1,3H3/b7-5?,9-8+,11-4+. The molecule has 0 atom stereocenters. The minimum atomic E-state index is -0.469. The Hall–Kier alpha value is -2.17. The van der Waals surface area contributed by atoms with Crippen molar-refractivity contribution in [3.05, 3.63) is 58.3 Å². The molecule has 0 aromatic carbocycles. The van der Waals surface area contributed by atoms with E-state index in [2.05, 4.69) is 11.3 Å². The van der Waals surface area contributed by atoms with Crippen LogP contribution in [0, 0.1) is 10.1 Å². The summed E-state index contributed by atoms with van der Waals surface area (Å²) in [6, 6.07) is 0. The molecule has 0 saturated heterocycles. The smallest absolute Gasteiger partial charge is 0.330 e. The van der Waals surface area contributed by atoms with Gasteiger partial charge in [-0.3, -0.25) is 10.1 Å². The minimum Gasteiger partial charge on any atom is -0.466 e. The number of allylic oxidation sites excluding steroid dienone is 5. The number of nitrogens with zero attached hydrogens (tertiary/aromatic N) is 1. The maximum absolute atomic E-state index is 10.8. The van der Waals surface area contributed by atoms with Gasteiger partial charge in [-0.15, -0.1) is 0 Å². The van der Waals surface area contributed by atoms with Crippen molar-refractivity contribution in [2.45, 2.75) is 13.3 Å². The molecule has 5 nitrogen and oxygen atoms in total. The van der Waals surface area contributed by atoms with Crippen LogP contribution in [0.3, 0.4) is 0 Å². The number of carbonyl (C=O) groups excluding carboxylic acids is 1. The maximum atomic E-state index is 10.8. The minimum absolute atomic E-state index is 0.0229. The molecule has 0 heterocycles. The molecule has 0 aliphatic rings. The van der Waals surface area contributed by atoms with Crippen LogP contribution < -0.4 is 0 Å². The van der Waals surface area contributed by atoms with Gasteiger partial charge in [-0.05, 0) is 19.4 Å². The third kappa shape index (κ3) is 6.83. The number of carbonyl (C=O) groups is 1. The quantitative estimate of drug-likeness (QED) is 0.234. The topological polar surface area (TPSA) is 69.4 Å². The second-order valence-electron chi connectivity index (χ2n) is 3.09. The van der Waals surface area contributed by atoms with E-state index in [1.807, 2.05) is 0 Å². The van der Waals surface area contributed by atoms with Crippen LogP contribution in [0.4, 0.5) is 0 Å². The van der Waals surface area contributed by atoms with E-state index in [1.165, 1.54) is 31.4 Å². The fraction of sp³-hybridized carbons (Fsp3) is 0.250. The first-order chi connectivity index (χ1) is 8.01. The zero-order valence-electron chi connectivity index (χ0n) is 9.88. The molecule has 0 spiro atoms. The highest BCUT2D eigenvalue weighted by Crippen LogP contribution is 2.04.